The monoisotopic (exact) mass is 219 g/mol. The standard InChI is InChI=1S/C11H13N3O2/c1-2-7(12)6-3-4-8-9(5-6)14-11(16)10(15)13-8/h3-5,7H,2,12H2,1H3,(H,13,15)(H,14,16)/t7-/m0/s1. The highest BCUT2D eigenvalue weighted by Crippen LogP contribution is 2.16. The molecular weight excluding hydrogens is 206 g/mol. The van der Waals surface area contributed by atoms with Crippen LogP contribution in [0.4, 0.5) is 0 Å². The van der Waals surface area contributed by atoms with Crippen molar-refractivity contribution in [2.45, 2.75) is 19.4 Å². The molecule has 0 fully saturated rings. The maximum absolute atomic E-state index is 11.2. The molecule has 0 unspecified atom stereocenters. The number of nitrogens with two attached hydrogens (primary N) is 1. The average Bonchev–Trinajstić information content (AvgIpc) is 2.29. The molecule has 1 heterocycles. The van der Waals surface area contributed by atoms with Crippen molar-refractivity contribution in [2.75, 3.05) is 0 Å². The van der Waals surface area contributed by atoms with Crippen molar-refractivity contribution in [3.05, 3.63) is 44.5 Å². The van der Waals surface area contributed by atoms with Crippen LogP contribution in [0.3, 0.4) is 0 Å². The van der Waals surface area contributed by atoms with Gasteiger partial charge in [0.2, 0.25) is 0 Å². The number of hydrogen-bond donors (Lipinski definition) is 3. The van der Waals surface area contributed by atoms with Gasteiger partial charge in [-0.25, -0.2) is 0 Å². The van der Waals surface area contributed by atoms with Crippen LogP contribution in [-0.4, -0.2) is 9.97 Å². The minimum atomic E-state index is -0.644. The summed E-state index contributed by atoms with van der Waals surface area (Å²) in [7, 11) is 0. The lowest BCUT2D eigenvalue weighted by Gasteiger charge is -2.09. The van der Waals surface area contributed by atoms with Crippen LogP contribution < -0.4 is 16.9 Å². The molecule has 0 aliphatic rings. The molecule has 2 rings (SSSR count). The van der Waals surface area contributed by atoms with E-state index >= 15 is 0 Å². The molecule has 0 aliphatic carbocycles. The van der Waals surface area contributed by atoms with Gasteiger partial charge in [0, 0.05) is 6.04 Å². The lowest BCUT2D eigenvalue weighted by Crippen LogP contribution is -2.29. The molecule has 16 heavy (non-hydrogen) atoms. The molecule has 0 amide bonds. The second kappa shape index (κ2) is 3.94. The van der Waals surface area contributed by atoms with Gasteiger partial charge in [0.05, 0.1) is 11.0 Å². The zero-order valence-electron chi connectivity index (χ0n) is 8.91. The minimum absolute atomic E-state index is 0.0557. The van der Waals surface area contributed by atoms with Gasteiger partial charge < -0.3 is 15.7 Å². The fraction of sp³-hybridized carbons (Fsp3) is 0.273. The Morgan fingerprint density at radius 3 is 2.44 bits per heavy atom. The van der Waals surface area contributed by atoms with Gasteiger partial charge in [0.1, 0.15) is 0 Å². The summed E-state index contributed by atoms with van der Waals surface area (Å²) < 4.78 is 0. The Balaban J connectivity index is 2.67. The van der Waals surface area contributed by atoms with Crippen LogP contribution >= 0.6 is 0 Å². The van der Waals surface area contributed by atoms with E-state index in [-0.39, 0.29) is 6.04 Å². The molecular formula is C11H13N3O2. The third-order valence-corrected chi connectivity index (χ3v) is 2.61. The maximum Gasteiger partial charge on any atom is 0.314 e. The molecule has 84 valence electrons. The highest BCUT2D eigenvalue weighted by Gasteiger charge is 2.05. The van der Waals surface area contributed by atoms with Crippen molar-refractivity contribution in [1.82, 2.24) is 9.97 Å². The van der Waals surface area contributed by atoms with Crippen molar-refractivity contribution >= 4 is 11.0 Å². The van der Waals surface area contributed by atoms with Crippen molar-refractivity contribution in [1.29, 1.82) is 0 Å². The van der Waals surface area contributed by atoms with E-state index in [1.54, 1.807) is 12.1 Å². The van der Waals surface area contributed by atoms with Crippen molar-refractivity contribution in [3.8, 4) is 0 Å². The van der Waals surface area contributed by atoms with Gasteiger partial charge in [-0.2, -0.15) is 0 Å². The predicted molar refractivity (Wildman–Crippen MR) is 62.4 cm³/mol. The summed E-state index contributed by atoms with van der Waals surface area (Å²) in [6.45, 7) is 1.99. The molecule has 5 heteroatoms. The predicted octanol–water partition coefficient (Wildman–Crippen LogP) is 0.626. The fourth-order valence-electron chi connectivity index (χ4n) is 1.60. The number of benzene rings is 1. The first-order chi connectivity index (χ1) is 7.61. The summed E-state index contributed by atoms with van der Waals surface area (Å²) in [6.07, 6.45) is 0.819. The van der Waals surface area contributed by atoms with Crippen LogP contribution in [0.1, 0.15) is 24.9 Å². The molecule has 0 saturated heterocycles. The zero-order chi connectivity index (χ0) is 11.7. The highest BCUT2D eigenvalue weighted by molar-refractivity contribution is 5.74. The summed E-state index contributed by atoms with van der Waals surface area (Å²) in [6, 6.07) is 5.34. The van der Waals surface area contributed by atoms with E-state index in [0.29, 0.717) is 11.0 Å². The van der Waals surface area contributed by atoms with Gasteiger partial charge in [0.25, 0.3) is 0 Å². The third kappa shape index (κ3) is 1.77. The Labute approximate surface area is 91.3 Å². The molecule has 1 aromatic heterocycles. The highest BCUT2D eigenvalue weighted by atomic mass is 16.2. The van der Waals surface area contributed by atoms with Gasteiger partial charge in [-0.15, -0.1) is 0 Å². The van der Waals surface area contributed by atoms with Gasteiger partial charge in [-0.3, -0.25) is 9.59 Å². The largest absolute Gasteiger partial charge is 0.324 e. The number of rotatable bonds is 2. The summed E-state index contributed by atoms with van der Waals surface area (Å²) in [5.41, 5.74) is 6.76. The van der Waals surface area contributed by atoms with Crippen molar-refractivity contribution in [3.63, 3.8) is 0 Å². The molecule has 0 saturated carbocycles. The molecule has 0 bridgehead atoms. The van der Waals surface area contributed by atoms with E-state index in [1.807, 2.05) is 13.0 Å². The Bertz CT molecular complexity index is 627. The summed E-state index contributed by atoms with van der Waals surface area (Å²) in [4.78, 5) is 27.3. The van der Waals surface area contributed by atoms with Gasteiger partial charge in [0.15, 0.2) is 0 Å². The van der Waals surface area contributed by atoms with E-state index < -0.39 is 11.1 Å². The fourth-order valence-corrected chi connectivity index (χ4v) is 1.60. The third-order valence-electron chi connectivity index (χ3n) is 2.61. The maximum atomic E-state index is 11.2. The second-order valence-corrected chi connectivity index (χ2v) is 3.73. The van der Waals surface area contributed by atoms with Crippen LogP contribution in [-0.2, 0) is 0 Å². The van der Waals surface area contributed by atoms with E-state index in [2.05, 4.69) is 9.97 Å². The van der Waals surface area contributed by atoms with Crippen molar-refractivity contribution < 1.29 is 0 Å². The Kier molecular flexibility index (Phi) is 2.62. The lowest BCUT2D eigenvalue weighted by atomic mass is 10.0. The lowest BCUT2D eigenvalue weighted by molar-refractivity contribution is 0.699. The SMILES string of the molecule is CC[C@H](N)c1ccc2[nH]c(=O)c(=O)[nH]c2c1. The van der Waals surface area contributed by atoms with Crippen LogP contribution in [0.5, 0.6) is 0 Å². The minimum Gasteiger partial charge on any atom is -0.324 e. The van der Waals surface area contributed by atoms with Gasteiger partial charge in [-0.1, -0.05) is 13.0 Å². The first kappa shape index (κ1) is 10.6. The number of hydrogen-bond acceptors (Lipinski definition) is 3. The van der Waals surface area contributed by atoms with Crippen LogP contribution in [0, 0.1) is 0 Å². The van der Waals surface area contributed by atoms with Crippen LogP contribution in [0.2, 0.25) is 0 Å². The Morgan fingerprint density at radius 2 is 1.81 bits per heavy atom. The zero-order valence-corrected chi connectivity index (χ0v) is 8.91. The molecule has 4 N–H and O–H groups in total. The number of aromatic amines is 2. The second-order valence-electron chi connectivity index (χ2n) is 3.73. The van der Waals surface area contributed by atoms with Crippen LogP contribution in [0.15, 0.2) is 27.8 Å². The molecule has 0 radical (unpaired) electrons. The number of aromatic nitrogens is 2. The quantitative estimate of drug-likeness (QED) is 0.647. The first-order valence-corrected chi connectivity index (χ1v) is 5.13. The topological polar surface area (TPSA) is 91.7 Å². The van der Waals surface area contributed by atoms with Crippen LogP contribution in [0.25, 0.3) is 11.0 Å². The normalized spacial score (nSPS) is 12.9. The number of H-pyrrole nitrogens is 2. The molecule has 5 nitrogen and oxygen atoms in total. The summed E-state index contributed by atoms with van der Waals surface area (Å²) >= 11 is 0. The Morgan fingerprint density at radius 1 is 1.19 bits per heavy atom. The van der Waals surface area contributed by atoms with E-state index in [0.717, 1.165) is 12.0 Å². The van der Waals surface area contributed by atoms with Gasteiger partial charge in [-0.05, 0) is 24.1 Å². The molecule has 0 aliphatic heterocycles. The Hall–Kier alpha value is -1.88. The molecule has 2 aromatic rings. The van der Waals surface area contributed by atoms with Crippen molar-refractivity contribution in [2.24, 2.45) is 5.73 Å². The number of fused-ring (bicyclic) bond motifs is 1. The molecule has 1 atom stereocenters. The summed E-state index contributed by atoms with van der Waals surface area (Å²) in [5, 5.41) is 0. The first-order valence-electron chi connectivity index (χ1n) is 5.13. The number of nitrogens with one attached hydrogen (secondary N) is 2. The van der Waals surface area contributed by atoms with E-state index in [4.69, 9.17) is 5.73 Å². The average molecular weight is 219 g/mol. The van der Waals surface area contributed by atoms with E-state index in [9.17, 15) is 9.59 Å². The van der Waals surface area contributed by atoms with Gasteiger partial charge >= 0.3 is 11.1 Å². The smallest absolute Gasteiger partial charge is 0.314 e. The molecule has 1 aromatic carbocycles. The molecule has 0 spiro atoms. The summed E-state index contributed by atoms with van der Waals surface area (Å²) in [5.74, 6) is 0. The van der Waals surface area contributed by atoms with E-state index in [1.165, 1.54) is 0 Å².